The topological polar surface area (TPSA) is 82.6 Å². The number of likely N-dealkylation sites (tertiary alicyclic amines) is 1. The van der Waals surface area contributed by atoms with Crippen LogP contribution in [0.25, 0.3) is 0 Å². The summed E-state index contributed by atoms with van der Waals surface area (Å²) in [6, 6.07) is 6.37. The maximum absolute atomic E-state index is 4.38. The van der Waals surface area contributed by atoms with Crippen LogP contribution >= 0.6 is 0 Å². The molecule has 0 amide bonds. The van der Waals surface area contributed by atoms with E-state index in [9.17, 15) is 0 Å². The molecule has 1 aliphatic heterocycles. The van der Waals surface area contributed by atoms with Crippen molar-refractivity contribution < 1.29 is 0 Å². The highest BCUT2D eigenvalue weighted by atomic mass is 15.2. The first-order valence-corrected chi connectivity index (χ1v) is 8.10. The second-order valence-electron chi connectivity index (χ2n) is 5.88. The molecule has 7 nitrogen and oxygen atoms in total. The number of rotatable bonds is 5. The summed E-state index contributed by atoms with van der Waals surface area (Å²) in [5.41, 5.74) is 2.41. The van der Waals surface area contributed by atoms with Crippen molar-refractivity contribution in [2.24, 2.45) is 0 Å². The molecule has 1 saturated heterocycles. The van der Waals surface area contributed by atoms with Gasteiger partial charge in [0.1, 0.15) is 5.82 Å². The van der Waals surface area contributed by atoms with E-state index in [0.29, 0.717) is 12.0 Å². The summed E-state index contributed by atoms with van der Waals surface area (Å²) in [5.74, 6) is 1.33. The standard InChI is InChI=1S/C17H19N7/c1-3-15(24(8-1)11-14-10-18-12-22-14)13-4-7-19-16(9-13)23-17-20-5-2-6-21-17/h2,4-7,9-10,12,15H,1,3,8,11H2,(H,18,22)(H,19,20,21,23)/t15-/m0/s1. The first-order valence-electron chi connectivity index (χ1n) is 8.10. The fourth-order valence-corrected chi connectivity index (χ4v) is 3.18. The van der Waals surface area contributed by atoms with Gasteiger partial charge < -0.3 is 10.3 Å². The molecule has 4 rings (SSSR count). The summed E-state index contributed by atoms with van der Waals surface area (Å²) in [5, 5.41) is 3.16. The number of nitrogens with zero attached hydrogens (tertiary/aromatic N) is 5. The maximum Gasteiger partial charge on any atom is 0.228 e. The van der Waals surface area contributed by atoms with Crippen molar-refractivity contribution in [3.8, 4) is 0 Å². The van der Waals surface area contributed by atoms with Gasteiger partial charge in [0.15, 0.2) is 0 Å². The predicted molar refractivity (Wildman–Crippen MR) is 90.5 cm³/mol. The molecule has 0 bridgehead atoms. The maximum atomic E-state index is 4.38. The van der Waals surface area contributed by atoms with E-state index in [4.69, 9.17) is 0 Å². The summed E-state index contributed by atoms with van der Waals surface area (Å²) in [4.78, 5) is 22.5. The van der Waals surface area contributed by atoms with Gasteiger partial charge in [0.25, 0.3) is 0 Å². The van der Waals surface area contributed by atoms with Crippen molar-refractivity contribution in [3.05, 3.63) is 60.6 Å². The minimum Gasteiger partial charge on any atom is -0.347 e. The number of hydrogen-bond donors (Lipinski definition) is 2. The number of aromatic amines is 1. The number of anilines is 2. The van der Waals surface area contributed by atoms with Crippen molar-refractivity contribution in [3.63, 3.8) is 0 Å². The molecule has 0 spiro atoms. The molecule has 3 aromatic rings. The third-order valence-electron chi connectivity index (χ3n) is 4.27. The van der Waals surface area contributed by atoms with Crippen LogP contribution in [0.1, 0.15) is 30.1 Å². The van der Waals surface area contributed by atoms with Gasteiger partial charge in [-0.15, -0.1) is 0 Å². The molecule has 1 atom stereocenters. The van der Waals surface area contributed by atoms with Crippen molar-refractivity contribution in [1.82, 2.24) is 29.8 Å². The van der Waals surface area contributed by atoms with Crippen LogP contribution in [0.3, 0.4) is 0 Å². The molecule has 4 heterocycles. The lowest BCUT2D eigenvalue weighted by atomic mass is 10.1. The predicted octanol–water partition coefficient (Wildman–Crippen LogP) is 2.68. The second kappa shape index (κ2) is 6.76. The van der Waals surface area contributed by atoms with Crippen LogP contribution in [0, 0.1) is 0 Å². The van der Waals surface area contributed by atoms with Crippen LogP contribution in [0.15, 0.2) is 49.3 Å². The number of nitrogens with one attached hydrogen (secondary N) is 2. The quantitative estimate of drug-likeness (QED) is 0.752. The zero-order valence-electron chi connectivity index (χ0n) is 13.3. The van der Waals surface area contributed by atoms with E-state index < -0.39 is 0 Å². The van der Waals surface area contributed by atoms with E-state index in [1.165, 1.54) is 12.0 Å². The Balaban J connectivity index is 1.51. The molecular weight excluding hydrogens is 302 g/mol. The first-order chi connectivity index (χ1) is 11.9. The first kappa shape index (κ1) is 14.8. The van der Waals surface area contributed by atoms with E-state index in [1.54, 1.807) is 24.8 Å². The molecule has 1 aliphatic rings. The smallest absolute Gasteiger partial charge is 0.228 e. The third kappa shape index (κ3) is 3.26. The molecule has 3 aromatic heterocycles. The Morgan fingerprint density at radius 1 is 1.21 bits per heavy atom. The molecule has 122 valence electrons. The lowest BCUT2D eigenvalue weighted by molar-refractivity contribution is 0.246. The molecule has 0 unspecified atom stereocenters. The zero-order chi connectivity index (χ0) is 16.2. The molecule has 0 saturated carbocycles. The van der Waals surface area contributed by atoms with E-state index in [2.05, 4.69) is 47.3 Å². The summed E-state index contributed by atoms with van der Waals surface area (Å²) in [6.07, 6.45) is 11.2. The Hall–Kier alpha value is -2.80. The second-order valence-corrected chi connectivity index (χ2v) is 5.88. The van der Waals surface area contributed by atoms with Gasteiger partial charge in [0.05, 0.1) is 6.33 Å². The van der Waals surface area contributed by atoms with Crippen LogP contribution in [0.4, 0.5) is 11.8 Å². The number of aromatic nitrogens is 5. The van der Waals surface area contributed by atoms with E-state index in [0.717, 1.165) is 31.0 Å². The molecule has 24 heavy (non-hydrogen) atoms. The van der Waals surface area contributed by atoms with E-state index in [-0.39, 0.29) is 0 Å². The molecule has 2 N–H and O–H groups in total. The Bertz CT molecular complexity index is 773. The van der Waals surface area contributed by atoms with Gasteiger partial charge in [-0.25, -0.2) is 19.9 Å². The van der Waals surface area contributed by atoms with Gasteiger partial charge in [0, 0.05) is 43.1 Å². The van der Waals surface area contributed by atoms with Crippen LogP contribution in [-0.2, 0) is 6.54 Å². The fraction of sp³-hybridized carbons (Fsp3) is 0.294. The van der Waals surface area contributed by atoms with Gasteiger partial charge in [0.2, 0.25) is 5.95 Å². The Morgan fingerprint density at radius 3 is 2.96 bits per heavy atom. The van der Waals surface area contributed by atoms with Crippen LogP contribution in [0.2, 0.25) is 0 Å². The van der Waals surface area contributed by atoms with E-state index in [1.807, 2.05) is 12.4 Å². The monoisotopic (exact) mass is 321 g/mol. The summed E-state index contributed by atoms with van der Waals surface area (Å²) < 4.78 is 0. The van der Waals surface area contributed by atoms with Crippen LogP contribution in [0.5, 0.6) is 0 Å². The Labute approximate surface area is 140 Å². The van der Waals surface area contributed by atoms with Crippen LogP contribution in [-0.4, -0.2) is 36.4 Å². The average Bonchev–Trinajstić information content (AvgIpc) is 3.28. The highest BCUT2D eigenvalue weighted by Gasteiger charge is 2.26. The normalized spacial score (nSPS) is 17.9. The molecule has 1 fully saturated rings. The minimum absolute atomic E-state index is 0.397. The summed E-state index contributed by atoms with van der Waals surface area (Å²) >= 11 is 0. The van der Waals surface area contributed by atoms with Gasteiger partial charge in [-0.2, -0.15) is 0 Å². The van der Waals surface area contributed by atoms with Gasteiger partial charge >= 0.3 is 0 Å². The van der Waals surface area contributed by atoms with Gasteiger partial charge in [-0.1, -0.05) is 0 Å². The van der Waals surface area contributed by atoms with Crippen molar-refractivity contribution in [2.75, 3.05) is 11.9 Å². The lowest BCUT2D eigenvalue weighted by Gasteiger charge is -2.24. The SMILES string of the molecule is c1cnc(Nc2cc([C@@H]3CCCN3Cc3cnc[nH]3)ccn2)nc1. The van der Waals surface area contributed by atoms with Crippen molar-refractivity contribution in [2.45, 2.75) is 25.4 Å². The number of pyridine rings is 1. The summed E-state index contributed by atoms with van der Waals surface area (Å²) in [7, 11) is 0. The molecule has 0 aromatic carbocycles. The number of H-pyrrole nitrogens is 1. The molecular formula is C17H19N7. The number of imidazole rings is 1. The number of hydrogen-bond acceptors (Lipinski definition) is 6. The lowest BCUT2D eigenvalue weighted by Crippen LogP contribution is -2.23. The Morgan fingerprint density at radius 2 is 2.12 bits per heavy atom. The molecule has 0 aliphatic carbocycles. The zero-order valence-corrected chi connectivity index (χ0v) is 13.3. The van der Waals surface area contributed by atoms with Crippen molar-refractivity contribution in [1.29, 1.82) is 0 Å². The van der Waals surface area contributed by atoms with Crippen LogP contribution < -0.4 is 5.32 Å². The minimum atomic E-state index is 0.397. The van der Waals surface area contributed by atoms with Gasteiger partial charge in [-0.05, 0) is 43.1 Å². The molecule has 7 heteroatoms. The van der Waals surface area contributed by atoms with Crippen molar-refractivity contribution >= 4 is 11.8 Å². The molecule has 0 radical (unpaired) electrons. The van der Waals surface area contributed by atoms with E-state index >= 15 is 0 Å². The van der Waals surface area contributed by atoms with Gasteiger partial charge in [-0.3, -0.25) is 4.90 Å². The third-order valence-corrected chi connectivity index (χ3v) is 4.27. The summed E-state index contributed by atoms with van der Waals surface area (Å²) in [6.45, 7) is 1.98. The highest BCUT2D eigenvalue weighted by Crippen LogP contribution is 2.33. The Kier molecular flexibility index (Phi) is 4.16. The fourth-order valence-electron chi connectivity index (χ4n) is 3.18. The highest BCUT2D eigenvalue weighted by molar-refractivity contribution is 5.48. The average molecular weight is 321 g/mol. The largest absolute Gasteiger partial charge is 0.347 e.